The second-order valence-electron chi connectivity index (χ2n) is 8.85. The molecule has 1 amide bonds. The Morgan fingerprint density at radius 2 is 2.09 bits per heavy atom. The van der Waals surface area contributed by atoms with E-state index in [0.717, 1.165) is 46.0 Å². The van der Waals surface area contributed by atoms with E-state index in [4.69, 9.17) is 9.47 Å². The molecule has 0 aliphatic carbocycles. The van der Waals surface area contributed by atoms with Gasteiger partial charge in [0, 0.05) is 35.6 Å². The molecule has 1 aliphatic rings. The first-order valence-corrected chi connectivity index (χ1v) is 11.7. The number of benzene rings is 2. The summed E-state index contributed by atoms with van der Waals surface area (Å²) in [6.45, 7) is 2.65. The van der Waals surface area contributed by atoms with Crippen LogP contribution in [0.25, 0.3) is 21.8 Å². The zero-order chi connectivity index (χ0) is 24.4. The van der Waals surface area contributed by atoms with E-state index >= 15 is 0 Å². The number of cyclic esters (lactones) is 1. The van der Waals surface area contributed by atoms with Crippen LogP contribution in [0.3, 0.4) is 0 Å². The summed E-state index contributed by atoms with van der Waals surface area (Å²) in [5.41, 5.74) is 3.53. The first kappa shape index (κ1) is 22.9. The molecule has 4 aromatic rings. The van der Waals surface area contributed by atoms with Gasteiger partial charge in [-0.1, -0.05) is 18.2 Å². The van der Waals surface area contributed by atoms with Crippen molar-refractivity contribution in [2.45, 2.75) is 19.1 Å². The van der Waals surface area contributed by atoms with E-state index in [1.165, 1.54) is 0 Å². The standard InChI is InChI=1S/C27H28N4O4/c1-30(16-19-8-7-18-15-20(32)9-10-23(18)29-19)13-4-14-31-17-25(35-27(31)33)21-11-12-28-26-22(21)5-3-6-24(26)34-2/h3,5-12,15,25,32H,4,13-14,16-17H2,1-2H3/t25-/m0/s1. The molecule has 1 aliphatic heterocycles. The number of hydrogen-bond acceptors (Lipinski definition) is 7. The molecule has 0 bridgehead atoms. The first-order valence-electron chi connectivity index (χ1n) is 11.7. The maximum absolute atomic E-state index is 12.6. The molecule has 35 heavy (non-hydrogen) atoms. The summed E-state index contributed by atoms with van der Waals surface area (Å²) in [5.74, 6) is 0.941. The maximum atomic E-state index is 12.6. The van der Waals surface area contributed by atoms with Crippen molar-refractivity contribution in [3.8, 4) is 11.5 Å². The third-order valence-corrected chi connectivity index (χ3v) is 6.35. The highest BCUT2D eigenvalue weighted by molar-refractivity contribution is 5.88. The van der Waals surface area contributed by atoms with Crippen molar-refractivity contribution in [1.29, 1.82) is 0 Å². The Morgan fingerprint density at radius 3 is 2.94 bits per heavy atom. The van der Waals surface area contributed by atoms with Gasteiger partial charge in [-0.2, -0.15) is 0 Å². The highest BCUT2D eigenvalue weighted by Gasteiger charge is 2.33. The molecule has 2 aromatic carbocycles. The predicted molar refractivity (Wildman–Crippen MR) is 133 cm³/mol. The number of pyridine rings is 2. The summed E-state index contributed by atoms with van der Waals surface area (Å²) in [6, 6.07) is 16.8. The molecule has 0 unspecified atom stereocenters. The van der Waals surface area contributed by atoms with Gasteiger partial charge in [0.2, 0.25) is 0 Å². The predicted octanol–water partition coefficient (Wildman–Crippen LogP) is 4.51. The lowest BCUT2D eigenvalue weighted by molar-refractivity contribution is 0.132. The molecule has 8 heteroatoms. The number of hydrogen-bond donors (Lipinski definition) is 1. The SMILES string of the molecule is COc1cccc2c([C@@H]3CN(CCCN(C)Cc4ccc5cc(O)ccc5n4)C(=O)O3)ccnc12. The van der Waals surface area contributed by atoms with E-state index in [9.17, 15) is 9.90 Å². The minimum Gasteiger partial charge on any atom is -0.508 e. The van der Waals surface area contributed by atoms with Crippen molar-refractivity contribution < 1.29 is 19.4 Å². The third kappa shape index (κ3) is 4.83. The normalized spacial score (nSPS) is 15.8. The fourth-order valence-electron chi connectivity index (χ4n) is 4.60. The molecule has 1 saturated heterocycles. The lowest BCUT2D eigenvalue weighted by Gasteiger charge is -2.19. The Balaban J connectivity index is 1.17. The quantitative estimate of drug-likeness (QED) is 0.404. The molecule has 0 saturated carbocycles. The number of fused-ring (bicyclic) bond motifs is 2. The summed E-state index contributed by atoms with van der Waals surface area (Å²) >= 11 is 0. The summed E-state index contributed by atoms with van der Waals surface area (Å²) in [4.78, 5) is 25.6. The van der Waals surface area contributed by atoms with Crippen molar-refractivity contribution in [1.82, 2.24) is 19.8 Å². The molecule has 180 valence electrons. The number of rotatable bonds is 8. The van der Waals surface area contributed by atoms with Crippen LogP contribution in [0.1, 0.15) is 23.8 Å². The molecule has 8 nitrogen and oxygen atoms in total. The number of amides is 1. The van der Waals surface area contributed by atoms with Crippen LogP contribution in [0.15, 0.2) is 60.8 Å². The third-order valence-electron chi connectivity index (χ3n) is 6.35. The Kier molecular flexibility index (Phi) is 6.37. The Labute approximate surface area is 203 Å². The number of para-hydroxylation sites is 1. The number of aromatic nitrogens is 2. The second-order valence-corrected chi connectivity index (χ2v) is 8.85. The van der Waals surface area contributed by atoms with Gasteiger partial charge in [0.1, 0.15) is 23.1 Å². The van der Waals surface area contributed by atoms with Gasteiger partial charge in [-0.15, -0.1) is 0 Å². The number of carbonyl (C=O) groups is 1. The zero-order valence-electron chi connectivity index (χ0n) is 19.8. The number of ether oxygens (including phenoxy) is 2. The fraction of sp³-hybridized carbons (Fsp3) is 0.296. The number of phenols is 1. The molecular formula is C27H28N4O4. The topological polar surface area (TPSA) is 88.0 Å². The van der Waals surface area contributed by atoms with Crippen molar-refractivity contribution >= 4 is 27.9 Å². The smallest absolute Gasteiger partial charge is 0.410 e. The average molecular weight is 473 g/mol. The molecule has 2 aromatic heterocycles. The number of nitrogens with zero attached hydrogens (tertiary/aromatic N) is 4. The van der Waals surface area contributed by atoms with Gasteiger partial charge < -0.3 is 24.4 Å². The molecule has 0 radical (unpaired) electrons. The lowest BCUT2D eigenvalue weighted by Crippen LogP contribution is -2.29. The average Bonchev–Trinajstić information content (AvgIpc) is 3.23. The summed E-state index contributed by atoms with van der Waals surface area (Å²) in [5, 5.41) is 11.5. The molecule has 5 rings (SSSR count). The van der Waals surface area contributed by atoms with Gasteiger partial charge in [0.15, 0.2) is 0 Å². The monoisotopic (exact) mass is 472 g/mol. The van der Waals surface area contributed by atoms with Crippen LogP contribution >= 0.6 is 0 Å². The van der Waals surface area contributed by atoms with E-state index < -0.39 is 0 Å². The Hall–Kier alpha value is -3.91. The van der Waals surface area contributed by atoms with E-state index in [2.05, 4.69) is 14.9 Å². The minimum atomic E-state index is -0.334. The van der Waals surface area contributed by atoms with Crippen LogP contribution in [0, 0.1) is 0 Å². The van der Waals surface area contributed by atoms with Crippen LogP contribution in [-0.4, -0.2) is 64.8 Å². The van der Waals surface area contributed by atoms with Crippen molar-refractivity contribution in [2.75, 3.05) is 33.8 Å². The van der Waals surface area contributed by atoms with Crippen LogP contribution < -0.4 is 4.74 Å². The zero-order valence-corrected chi connectivity index (χ0v) is 19.8. The Morgan fingerprint density at radius 1 is 1.20 bits per heavy atom. The molecule has 1 atom stereocenters. The van der Waals surface area contributed by atoms with Crippen LogP contribution in [0.5, 0.6) is 11.5 Å². The maximum Gasteiger partial charge on any atom is 0.410 e. The van der Waals surface area contributed by atoms with Gasteiger partial charge >= 0.3 is 6.09 Å². The fourth-order valence-corrected chi connectivity index (χ4v) is 4.60. The van der Waals surface area contributed by atoms with Crippen molar-refractivity contribution in [3.05, 3.63) is 72.1 Å². The number of phenolic OH excluding ortho intramolecular Hbond substituents is 1. The second kappa shape index (κ2) is 9.76. The van der Waals surface area contributed by atoms with E-state index in [1.54, 1.807) is 30.3 Å². The minimum absolute atomic E-state index is 0.240. The van der Waals surface area contributed by atoms with Gasteiger partial charge in [-0.25, -0.2) is 4.79 Å². The van der Waals surface area contributed by atoms with Gasteiger partial charge in [0.05, 0.1) is 24.9 Å². The van der Waals surface area contributed by atoms with Crippen molar-refractivity contribution in [2.24, 2.45) is 0 Å². The highest BCUT2D eigenvalue weighted by atomic mass is 16.6. The molecule has 0 spiro atoms. The Bertz CT molecular complexity index is 1380. The van der Waals surface area contributed by atoms with Crippen LogP contribution in [-0.2, 0) is 11.3 Å². The van der Waals surface area contributed by atoms with E-state index in [-0.39, 0.29) is 17.9 Å². The van der Waals surface area contributed by atoms with Gasteiger partial charge in [-0.05, 0) is 56.4 Å². The first-order chi connectivity index (χ1) is 17.0. The summed E-state index contributed by atoms with van der Waals surface area (Å²) in [6.07, 6.45) is 1.93. The highest BCUT2D eigenvalue weighted by Crippen LogP contribution is 2.33. The lowest BCUT2D eigenvalue weighted by atomic mass is 10.0. The van der Waals surface area contributed by atoms with E-state index in [0.29, 0.717) is 25.4 Å². The number of aromatic hydroxyl groups is 1. The van der Waals surface area contributed by atoms with Gasteiger partial charge in [0.25, 0.3) is 0 Å². The molecule has 1 fully saturated rings. The number of carbonyl (C=O) groups excluding carboxylic acids is 1. The molecular weight excluding hydrogens is 444 g/mol. The summed E-state index contributed by atoms with van der Waals surface area (Å²) < 4.78 is 11.2. The molecule has 1 N–H and O–H groups in total. The summed E-state index contributed by atoms with van der Waals surface area (Å²) in [7, 11) is 3.67. The van der Waals surface area contributed by atoms with E-state index in [1.807, 2.05) is 49.5 Å². The van der Waals surface area contributed by atoms with Crippen LogP contribution in [0.4, 0.5) is 4.79 Å². The van der Waals surface area contributed by atoms with Crippen LogP contribution in [0.2, 0.25) is 0 Å². The van der Waals surface area contributed by atoms with Crippen molar-refractivity contribution in [3.63, 3.8) is 0 Å². The largest absolute Gasteiger partial charge is 0.508 e. The number of methoxy groups -OCH3 is 1. The molecule has 3 heterocycles. The van der Waals surface area contributed by atoms with Gasteiger partial charge in [-0.3, -0.25) is 9.97 Å².